The van der Waals surface area contributed by atoms with Gasteiger partial charge in [-0.05, 0) is 18.1 Å². The highest BCUT2D eigenvalue weighted by Crippen LogP contribution is 2.18. The van der Waals surface area contributed by atoms with E-state index >= 15 is 0 Å². The van der Waals surface area contributed by atoms with E-state index in [-0.39, 0.29) is 24.3 Å². The predicted octanol–water partition coefficient (Wildman–Crippen LogP) is 1.91. The zero-order valence-corrected chi connectivity index (χ0v) is 10.1. The zero-order chi connectivity index (χ0) is 12.1. The molecule has 0 spiro atoms. The topological polar surface area (TPSA) is 40.5 Å². The number of aliphatic hydroxyl groups excluding tert-OH is 1. The van der Waals surface area contributed by atoms with Crippen molar-refractivity contribution in [2.45, 2.75) is 13.8 Å². The number of aliphatic hydroxyl groups is 1. The van der Waals surface area contributed by atoms with Gasteiger partial charge in [0, 0.05) is 12.7 Å². The van der Waals surface area contributed by atoms with Gasteiger partial charge in [-0.3, -0.25) is 4.79 Å². The Morgan fingerprint density at radius 3 is 2.31 bits per heavy atom. The van der Waals surface area contributed by atoms with E-state index in [4.69, 9.17) is 0 Å². The maximum absolute atomic E-state index is 12.1. The van der Waals surface area contributed by atoms with Gasteiger partial charge in [-0.1, -0.05) is 32.0 Å². The van der Waals surface area contributed by atoms with Gasteiger partial charge >= 0.3 is 0 Å². The highest BCUT2D eigenvalue weighted by Gasteiger charge is 2.24. The van der Waals surface area contributed by atoms with Crippen LogP contribution in [-0.4, -0.2) is 24.7 Å². The summed E-state index contributed by atoms with van der Waals surface area (Å²) in [7, 11) is 1.74. The molecule has 0 saturated carbocycles. The monoisotopic (exact) mass is 221 g/mol. The van der Waals surface area contributed by atoms with E-state index in [1.54, 1.807) is 11.9 Å². The summed E-state index contributed by atoms with van der Waals surface area (Å²) in [6.45, 7) is 3.78. The Bertz CT molecular complexity index is 335. The minimum absolute atomic E-state index is 0.0382. The molecule has 3 heteroatoms. The van der Waals surface area contributed by atoms with Crippen molar-refractivity contribution in [3.05, 3.63) is 30.3 Å². The molecule has 1 atom stereocenters. The van der Waals surface area contributed by atoms with Crippen molar-refractivity contribution in [2.75, 3.05) is 18.6 Å². The zero-order valence-electron chi connectivity index (χ0n) is 10.1. The van der Waals surface area contributed by atoms with Crippen molar-refractivity contribution in [1.82, 2.24) is 0 Å². The van der Waals surface area contributed by atoms with Gasteiger partial charge in [-0.15, -0.1) is 0 Å². The van der Waals surface area contributed by atoms with Gasteiger partial charge in [-0.2, -0.15) is 0 Å². The quantitative estimate of drug-likeness (QED) is 0.843. The molecule has 0 heterocycles. The molecular formula is C13H19NO2. The molecule has 0 aromatic heterocycles. The third kappa shape index (κ3) is 2.83. The number of rotatable bonds is 4. The van der Waals surface area contributed by atoms with Crippen molar-refractivity contribution < 1.29 is 9.90 Å². The van der Waals surface area contributed by atoms with Crippen molar-refractivity contribution >= 4 is 11.6 Å². The molecule has 0 fully saturated rings. The molecular weight excluding hydrogens is 202 g/mol. The van der Waals surface area contributed by atoms with Gasteiger partial charge in [0.15, 0.2) is 0 Å². The van der Waals surface area contributed by atoms with E-state index in [0.29, 0.717) is 0 Å². The van der Waals surface area contributed by atoms with Gasteiger partial charge < -0.3 is 10.0 Å². The largest absolute Gasteiger partial charge is 0.396 e. The maximum Gasteiger partial charge on any atom is 0.232 e. The van der Waals surface area contributed by atoms with Crippen LogP contribution in [0.3, 0.4) is 0 Å². The van der Waals surface area contributed by atoms with Crippen LogP contribution in [0.25, 0.3) is 0 Å². The normalized spacial score (nSPS) is 12.6. The number of hydrogen-bond acceptors (Lipinski definition) is 2. The first-order valence-corrected chi connectivity index (χ1v) is 5.51. The number of para-hydroxylation sites is 1. The summed E-state index contributed by atoms with van der Waals surface area (Å²) in [6, 6.07) is 9.46. The molecule has 0 radical (unpaired) electrons. The van der Waals surface area contributed by atoms with Crippen LogP contribution in [0.2, 0.25) is 0 Å². The van der Waals surface area contributed by atoms with Crippen molar-refractivity contribution in [3.63, 3.8) is 0 Å². The maximum atomic E-state index is 12.1. The average molecular weight is 221 g/mol. The molecule has 1 rings (SSSR count). The van der Waals surface area contributed by atoms with E-state index in [2.05, 4.69) is 0 Å². The highest BCUT2D eigenvalue weighted by molar-refractivity contribution is 5.94. The van der Waals surface area contributed by atoms with Crippen molar-refractivity contribution in [2.24, 2.45) is 11.8 Å². The summed E-state index contributed by atoms with van der Waals surface area (Å²) in [5.41, 5.74) is 0.853. The standard InChI is InChI=1S/C13H19NO2/c1-10(2)12(9-15)13(16)14(3)11-7-5-4-6-8-11/h4-8,10,12,15H,9H2,1-3H3. The van der Waals surface area contributed by atoms with Gasteiger partial charge in [0.25, 0.3) is 0 Å². The Balaban J connectivity index is 2.81. The average Bonchev–Trinajstić information content (AvgIpc) is 2.29. The summed E-state index contributed by atoms with van der Waals surface area (Å²) in [5, 5.41) is 9.22. The van der Waals surface area contributed by atoms with Crippen LogP contribution in [0.1, 0.15) is 13.8 Å². The van der Waals surface area contributed by atoms with Crippen LogP contribution in [0.15, 0.2) is 30.3 Å². The van der Waals surface area contributed by atoms with Gasteiger partial charge in [0.05, 0.1) is 12.5 Å². The molecule has 0 aliphatic heterocycles. The Kier molecular flexibility index (Phi) is 4.50. The first kappa shape index (κ1) is 12.7. The molecule has 0 saturated heterocycles. The number of nitrogens with zero attached hydrogens (tertiary/aromatic N) is 1. The number of carbonyl (C=O) groups is 1. The molecule has 1 aromatic rings. The number of carbonyl (C=O) groups excluding carboxylic acids is 1. The number of hydrogen-bond donors (Lipinski definition) is 1. The molecule has 0 bridgehead atoms. The summed E-state index contributed by atoms with van der Waals surface area (Å²) in [4.78, 5) is 13.7. The molecule has 1 amide bonds. The lowest BCUT2D eigenvalue weighted by Crippen LogP contribution is -2.37. The fourth-order valence-electron chi connectivity index (χ4n) is 1.60. The number of anilines is 1. The molecule has 1 N–H and O–H groups in total. The van der Waals surface area contributed by atoms with E-state index in [9.17, 15) is 9.90 Å². The fourth-order valence-corrected chi connectivity index (χ4v) is 1.60. The Morgan fingerprint density at radius 2 is 1.88 bits per heavy atom. The van der Waals surface area contributed by atoms with Crippen LogP contribution in [-0.2, 0) is 4.79 Å². The van der Waals surface area contributed by atoms with Gasteiger partial charge in [0.2, 0.25) is 5.91 Å². The fraction of sp³-hybridized carbons (Fsp3) is 0.462. The Labute approximate surface area is 96.7 Å². The van der Waals surface area contributed by atoms with Crippen molar-refractivity contribution in [1.29, 1.82) is 0 Å². The van der Waals surface area contributed by atoms with E-state index in [1.165, 1.54) is 0 Å². The SMILES string of the molecule is CC(C)C(CO)C(=O)N(C)c1ccccc1. The molecule has 0 aliphatic carbocycles. The lowest BCUT2D eigenvalue weighted by Gasteiger charge is -2.24. The molecule has 16 heavy (non-hydrogen) atoms. The third-order valence-electron chi connectivity index (χ3n) is 2.79. The lowest BCUT2D eigenvalue weighted by molar-refractivity contribution is -0.124. The second-order valence-corrected chi connectivity index (χ2v) is 4.27. The van der Waals surface area contributed by atoms with Gasteiger partial charge in [0.1, 0.15) is 0 Å². The van der Waals surface area contributed by atoms with Crippen LogP contribution < -0.4 is 4.90 Å². The molecule has 1 unspecified atom stereocenters. The van der Waals surface area contributed by atoms with Crippen molar-refractivity contribution in [3.8, 4) is 0 Å². The molecule has 88 valence electrons. The minimum atomic E-state index is -0.329. The number of amides is 1. The van der Waals surface area contributed by atoms with Crippen LogP contribution in [0, 0.1) is 11.8 Å². The van der Waals surface area contributed by atoms with Crippen LogP contribution >= 0.6 is 0 Å². The second kappa shape index (κ2) is 5.66. The van der Waals surface area contributed by atoms with Crippen LogP contribution in [0.5, 0.6) is 0 Å². The third-order valence-corrected chi connectivity index (χ3v) is 2.79. The van der Waals surface area contributed by atoms with E-state index < -0.39 is 0 Å². The first-order chi connectivity index (χ1) is 7.57. The predicted molar refractivity (Wildman–Crippen MR) is 65.3 cm³/mol. The van der Waals surface area contributed by atoms with E-state index in [1.807, 2.05) is 44.2 Å². The van der Waals surface area contributed by atoms with E-state index in [0.717, 1.165) is 5.69 Å². The molecule has 0 aliphatic rings. The van der Waals surface area contributed by atoms with Crippen LogP contribution in [0.4, 0.5) is 5.69 Å². The summed E-state index contributed by atoms with van der Waals surface area (Å²) < 4.78 is 0. The smallest absolute Gasteiger partial charge is 0.232 e. The number of benzene rings is 1. The molecule has 3 nitrogen and oxygen atoms in total. The lowest BCUT2D eigenvalue weighted by atomic mass is 9.95. The Hall–Kier alpha value is -1.35. The summed E-state index contributed by atoms with van der Waals surface area (Å²) in [6.07, 6.45) is 0. The highest BCUT2D eigenvalue weighted by atomic mass is 16.3. The Morgan fingerprint density at radius 1 is 1.31 bits per heavy atom. The van der Waals surface area contributed by atoms with Gasteiger partial charge in [-0.25, -0.2) is 0 Å². The first-order valence-electron chi connectivity index (χ1n) is 5.51. The molecule has 1 aromatic carbocycles. The summed E-state index contributed by atoms with van der Waals surface area (Å²) >= 11 is 0. The second-order valence-electron chi connectivity index (χ2n) is 4.27. The minimum Gasteiger partial charge on any atom is -0.396 e. The summed E-state index contributed by atoms with van der Waals surface area (Å²) in [5.74, 6) is -0.224.